The Balaban J connectivity index is 1.59. The van der Waals surface area contributed by atoms with Crippen molar-refractivity contribution in [1.82, 2.24) is 10.3 Å². The molecule has 2 unspecified atom stereocenters. The first-order valence-corrected chi connectivity index (χ1v) is 13.4. The van der Waals surface area contributed by atoms with Crippen LogP contribution in [0.3, 0.4) is 0 Å². The Morgan fingerprint density at radius 2 is 1.88 bits per heavy atom. The van der Waals surface area contributed by atoms with Gasteiger partial charge in [0.2, 0.25) is 0 Å². The van der Waals surface area contributed by atoms with Gasteiger partial charge in [0.1, 0.15) is 5.60 Å². The summed E-state index contributed by atoms with van der Waals surface area (Å²) in [5.74, 6) is -0.120. The highest BCUT2D eigenvalue weighted by Gasteiger charge is 2.33. The van der Waals surface area contributed by atoms with Crippen molar-refractivity contribution in [3.63, 3.8) is 0 Å². The van der Waals surface area contributed by atoms with Gasteiger partial charge in [0.05, 0.1) is 17.5 Å². The number of ether oxygens (including phenoxy) is 1. The molecule has 7 nitrogen and oxygen atoms in total. The quantitative estimate of drug-likeness (QED) is 0.394. The number of nitrogens with one attached hydrogen (secondary N) is 2. The fourth-order valence-electron chi connectivity index (χ4n) is 4.25. The lowest BCUT2D eigenvalue weighted by Crippen LogP contribution is -2.38. The number of H-pyrrole nitrogens is 1. The molecule has 4 rings (SSSR count). The molecule has 0 fully saturated rings. The van der Waals surface area contributed by atoms with Crippen LogP contribution in [0.5, 0.6) is 0 Å². The molecule has 0 saturated heterocycles. The number of carbonyl (C=O) groups excluding carboxylic acids is 1. The molecule has 0 saturated carbocycles. The molecule has 2 atom stereocenters. The third-order valence-electron chi connectivity index (χ3n) is 5.77. The third kappa shape index (κ3) is 5.64. The molecule has 0 aliphatic heterocycles. The monoisotopic (exact) mass is 548 g/mol. The van der Waals surface area contributed by atoms with E-state index in [1.807, 2.05) is 45.9 Å². The number of benzene rings is 2. The second kappa shape index (κ2) is 9.36. The van der Waals surface area contributed by atoms with Crippen LogP contribution in [0.25, 0.3) is 10.9 Å². The minimum absolute atomic E-state index is 0.0167. The average molecular weight is 549 g/mol. The maximum Gasteiger partial charge on any atom is 0.408 e. The zero-order valence-corrected chi connectivity index (χ0v) is 22.0. The molecular weight excluding hydrogens is 520 g/mol. The molecule has 3 aromatic rings. The van der Waals surface area contributed by atoms with Gasteiger partial charge in [-0.25, -0.2) is 4.79 Å². The zero-order chi connectivity index (χ0) is 24.7. The summed E-state index contributed by atoms with van der Waals surface area (Å²) in [4.78, 5) is 16.1. The van der Waals surface area contributed by atoms with E-state index < -0.39 is 21.8 Å². The second-order valence-electron chi connectivity index (χ2n) is 9.76. The Kier molecular flexibility index (Phi) is 6.81. The minimum atomic E-state index is -3.88. The van der Waals surface area contributed by atoms with Crippen LogP contribution in [-0.4, -0.2) is 31.7 Å². The summed E-state index contributed by atoms with van der Waals surface area (Å²) >= 11 is 3.53. The van der Waals surface area contributed by atoms with Gasteiger partial charge < -0.3 is 15.0 Å². The van der Waals surface area contributed by atoms with Gasteiger partial charge >= 0.3 is 6.09 Å². The van der Waals surface area contributed by atoms with E-state index in [1.54, 1.807) is 24.3 Å². The maximum absolute atomic E-state index is 12.7. The molecule has 1 heterocycles. The molecule has 0 bridgehead atoms. The molecule has 2 N–H and O–H groups in total. The van der Waals surface area contributed by atoms with Crippen LogP contribution in [0.15, 0.2) is 51.8 Å². The topological polar surface area (TPSA) is 97.5 Å². The summed E-state index contributed by atoms with van der Waals surface area (Å²) in [6.07, 6.45) is 0.628. The minimum Gasteiger partial charge on any atom is -0.444 e. The first-order chi connectivity index (χ1) is 15.9. The van der Waals surface area contributed by atoms with Crippen molar-refractivity contribution in [2.75, 3.05) is 6.61 Å². The number of alkyl carbamates (subject to hydrolysis) is 1. The van der Waals surface area contributed by atoms with Gasteiger partial charge in [0.25, 0.3) is 10.1 Å². The molecule has 1 aromatic heterocycles. The van der Waals surface area contributed by atoms with Crippen LogP contribution < -0.4 is 5.32 Å². The van der Waals surface area contributed by atoms with Gasteiger partial charge in [0, 0.05) is 21.1 Å². The van der Waals surface area contributed by atoms with E-state index in [2.05, 4.69) is 26.2 Å². The molecule has 9 heteroatoms. The first kappa shape index (κ1) is 24.8. The average Bonchev–Trinajstić information content (AvgIpc) is 3.09. The zero-order valence-electron chi connectivity index (χ0n) is 19.6. The maximum atomic E-state index is 12.7. The van der Waals surface area contributed by atoms with Gasteiger partial charge in [-0.2, -0.15) is 8.42 Å². The molecule has 0 radical (unpaired) electrons. The Bertz CT molecular complexity index is 1310. The van der Waals surface area contributed by atoms with E-state index in [9.17, 15) is 13.2 Å². The van der Waals surface area contributed by atoms with Crippen molar-refractivity contribution < 1.29 is 22.1 Å². The third-order valence-corrected chi connectivity index (χ3v) is 7.56. The van der Waals surface area contributed by atoms with E-state index in [4.69, 9.17) is 8.92 Å². The van der Waals surface area contributed by atoms with Crippen molar-refractivity contribution in [1.29, 1.82) is 0 Å². The fourth-order valence-corrected chi connectivity index (χ4v) is 5.59. The molecule has 182 valence electrons. The highest BCUT2D eigenvalue weighted by atomic mass is 79.9. The molecule has 1 amide bonds. The van der Waals surface area contributed by atoms with Crippen LogP contribution in [0, 0.1) is 12.8 Å². The lowest BCUT2D eigenvalue weighted by Gasteiger charge is -2.31. The van der Waals surface area contributed by atoms with Gasteiger partial charge in [-0.15, -0.1) is 0 Å². The number of hydrogen-bond donors (Lipinski definition) is 2. The predicted molar refractivity (Wildman–Crippen MR) is 134 cm³/mol. The molecular formula is C25H29BrN2O5S. The van der Waals surface area contributed by atoms with Crippen LogP contribution in [0.4, 0.5) is 4.79 Å². The highest BCUT2D eigenvalue weighted by Crippen LogP contribution is 2.39. The summed E-state index contributed by atoms with van der Waals surface area (Å²) in [6, 6.07) is 12.2. The molecule has 1 aliphatic rings. The number of halogens is 1. The number of amides is 1. The molecule has 34 heavy (non-hydrogen) atoms. The smallest absolute Gasteiger partial charge is 0.408 e. The SMILES string of the molecule is Cc1ccc(S(=O)(=O)OCC2Cc3c([nH]c4ccc(Br)cc34)C(NC(=O)OC(C)(C)C)C2)cc1. The van der Waals surface area contributed by atoms with E-state index in [0.29, 0.717) is 12.8 Å². The van der Waals surface area contributed by atoms with Crippen LogP contribution in [0.2, 0.25) is 0 Å². The fraction of sp³-hybridized carbons (Fsp3) is 0.400. The van der Waals surface area contributed by atoms with Crippen molar-refractivity contribution in [2.45, 2.75) is 57.1 Å². The molecule has 2 aromatic carbocycles. The van der Waals surface area contributed by atoms with Crippen molar-refractivity contribution in [3.8, 4) is 0 Å². The lowest BCUT2D eigenvalue weighted by atomic mass is 9.84. The van der Waals surface area contributed by atoms with E-state index in [0.717, 1.165) is 32.2 Å². The largest absolute Gasteiger partial charge is 0.444 e. The van der Waals surface area contributed by atoms with Crippen LogP contribution in [0.1, 0.15) is 50.1 Å². The summed E-state index contributed by atoms with van der Waals surface area (Å²) < 4.78 is 37.3. The number of aromatic amines is 1. The number of rotatable bonds is 5. The molecule has 0 spiro atoms. The predicted octanol–water partition coefficient (Wildman–Crippen LogP) is 5.77. The van der Waals surface area contributed by atoms with Gasteiger partial charge in [0.15, 0.2) is 0 Å². The van der Waals surface area contributed by atoms with Gasteiger partial charge in [-0.3, -0.25) is 4.18 Å². The molecule has 1 aliphatic carbocycles. The van der Waals surface area contributed by atoms with Crippen molar-refractivity contribution in [2.24, 2.45) is 5.92 Å². The number of fused-ring (bicyclic) bond motifs is 3. The van der Waals surface area contributed by atoms with Crippen LogP contribution in [-0.2, 0) is 25.5 Å². The lowest BCUT2D eigenvalue weighted by molar-refractivity contribution is 0.0488. The Hall–Kier alpha value is -2.36. The van der Waals surface area contributed by atoms with Gasteiger partial charge in [-0.1, -0.05) is 33.6 Å². The summed E-state index contributed by atoms with van der Waals surface area (Å²) in [7, 11) is -3.88. The number of hydrogen-bond acceptors (Lipinski definition) is 5. The van der Waals surface area contributed by atoms with E-state index in [1.165, 1.54) is 0 Å². The van der Waals surface area contributed by atoms with E-state index in [-0.39, 0.29) is 23.5 Å². The number of aromatic nitrogens is 1. The second-order valence-corrected chi connectivity index (χ2v) is 12.3. The summed E-state index contributed by atoms with van der Waals surface area (Å²) in [6.45, 7) is 7.35. The normalized spacial score (nSPS) is 18.5. The standard InChI is InChI=1S/C25H29BrN2O5S/c1-15-5-8-18(9-6-15)34(30,31)32-14-16-11-20-19-13-17(26)7-10-21(19)27-23(20)22(12-16)28-24(29)33-25(2,3)4/h5-10,13,16,22,27H,11-12,14H2,1-4H3,(H,28,29). The van der Waals surface area contributed by atoms with Gasteiger partial charge in [-0.05, 0) is 82.3 Å². The van der Waals surface area contributed by atoms with E-state index >= 15 is 0 Å². The number of aryl methyl sites for hydroxylation is 1. The Morgan fingerprint density at radius 3 is 2.56 bits per heavy atom. The summed E-state index contributed by atoms with van der Waals surface area (Å²) in [5.41, 5.74) is 3.26. The number of carbonyl (C=O) groups is 1. The van der Waals surface area contributed by atoms with Crippen LogP contribution >= 0.6 is 15.9 Å². The first-order valence-electron chi connectivity index (χ1n) is 11.2. The van der Waals surface area contributed by atoms with Crippen molar-refractivity contribution >= 4 is 43.0 Å². The van der Waals surface area contributed by atoms with Crippen molar-refractivity contribution in [3.05, 3.63) is 63.8 Å². The Labute approximate surface area is 208 Å². The Morgan fingerprint density at radius 1 is 1.18 bits per heavy atom. The summed E-state index contributed by atoms with van der Waals surface area (Å²) in [5, 5.41) is 4.00. The highest BCUT2D eigenvalue weighted by molar-refractivity contribution is 9.10.